The molecule has 0 spiro atoms. The number of aromatic amines is 1. The van der Waals surface area contributed by atoms with Gasteiger partial charge in [-0.25, -0.2) is 0 Å². The van der Waals surface area contributed by atoms with E-state index < -0.39 is 0 Å². The first-order chi connectivity index (χ1) is 15.1. The van der Waals surface area contributed by atoms with E-state index in [-0.39, 0.29) is 17.7 Å². The number of rotatable bonds is 6. The van der Waals surface area contributed by atoms with Crippen LogP contribution in [0.3, 0.4) is 0 Å². The van der Waals surface area contributed by atoms with Crippen LogP contribution >= 0.6 is 0 Å². The minimum Gasteiger partial charge on any atom is -0.339 e. The number of hydrogen-bond acceptors (Lipinski definition) is 4. The number of hydrogen-bond donors (Lipinski definition) is 1. The van der Waals surface area contributed by atoms with Gasteiger partial charge in [0.25, 0.3) is 11.8 Å². The molecule has 2 aromatic heterocycles. The Kier molecular flexibility index (Phi) is 6.73. The van der Waals surface area contributed by atoms with Crippen molar-refractivity contribution in [2.24, 2.45) is 0 Å². The SMILES string of the molecule is CCCn1ccc(C(=O)N2CCC[C@@H](c3[nH]ncc3C(=O)N(C)C3CCCCC3)C2)n1. The van der Waals surface area contributed by atoms with Gasteiger partial charge >= 0.3 is 0 Å². The van der Waals surface area contributed by atoms with Crippen molar-refractivity contribution in [3.8, 4) is 0 Å². The Hall–Kier alpha value is -2.64. The quantitative estimate of drug-likeness (QED) is 0.766. The minimum atomic E-state index is -0.0359. The van der Waals surface area contributed by atoms with Crippen LogP contribution in [0.2, 0.25) is 0 Å². The zero-order valence-corrected chi connectivity index (χ0v) is 18.7. The van der Waals surface area contributed by atoms with Crippen LogP contribution < -0.4 is 0 Å². The molecule has 0 radical (unpaired) electrons. The molecule has 2 fully saturated rings. The predicted octanol–water partition coefficient (Wildman–Crippen LogP) is 3.44. The van der Waals surface area contributed by atoms with E-state index in [0.29, 0.717) is 23.8 Å². The molecule has 3 heterocycles. The molecule has 0 aromatic carbocycles. The molecule has 0 bridgehead atoms. The Morgan fingerprint density at radius 1 is 1.19 bits per heavy atom. The molecule has 168 valence electrons. The minimum absolute atomic E-state index is 0.0359. The predicted molar refractivity (Wildman–Crippen MR) is 118 cm³/mol. The maximum atomic E-state index is 13.2. The van der Waals surface area contributed by atoms with Gasteiger partial charge in [-0.05, 0) is 38.2 Å². The molecule has 31 heavy (non-hydrogen) atoms. The highest BCUT2D eigenvalue weighted by molar-refractivity contribution is 5.95. The number of nitrogens with one attached hydrogen (secondary N) is 1. The van der Waals surface area contributed by atoms with Crippen molar-refractivity contribution in [1.29, 1.82) is 0 Å². The van der Waals surface area contributed by atoms with Gasteiger partial charge in [-0.15, -0.1) is 0 Å². The highest BCUT2D eigenvalue weighted by Crippen LogP contribution is 2.30. The molecule has 8 nitrogen and oxygen atoms in total. The van der Waals surface area contributed by atoms with Gasteiger partial charge in [0.15, 0.2) is 0 Å². The van der Waals surface area contributed by atoms with Crippen molar-refractivity contribution < 1.29 is 9.59 Å². The molecule has 0 unspecified atom stereocenters. The Balaban J connectivity index is 1.45. The monoisotopic (exact) mass is 426 g/mol. The zero-order chi connectivity index (χ0) is 21.8. The first-order valence-electron chi connectivity index (χ1n) is 11.7. The van der Waals surface area contributed by atoms with Crippen LogP contribution in [0.15, 0.2) is 18.5 Å². The smallest absolute Gasteiger partial charge is 0.274 e. The van der Waals surface area contributed by atoms with Gasteiger partial charge in [0.1, 0.15) is 5.69 Å². The third kappa shape index (κ3) is 4.67. The van der Waals surface area contributed by atoms with Crippen LogP contribution in [0.25, 0.3) is 0 Å². The lowest BCUT2D eigenvalue weighted by molar-refractivity contribution is 0.0688. The third-order valence-electron chi connectivity index (χ3n) is 6.77. The van der Waals surface area contributed by atoms with E-state index in [4.69, 9.17) is 0 Å². The van der Waals surface area contributed by atoms with E-state index in [1.54, 1.807) is 12.3 Å². The maximum absolute atomic E-state index is 13.2. The molecule has 1 saturated carbocycles. The summed E-state index contributed by atoms with van der Waals surface area (Å²) in [6.45, 7) is 4.20. The molecule has 2 aromatic rings. The fraction of sp³-hybridized carbons (Fsp3) is 0.652. The zero-order valence-electron chi connectivity index (χ0n) is 18.7. The van der Waals surface area contributed by atoms with Crippen molar-refractivity contribution in [3.63, 3.8) is 0 Å². The molecule has 4 rings (SSSR count). The molecule has 1 aliphatic heterocycles. The molecule has 1 N–H and O–H groups in total. The summed E-state index contributed by atoms with van der Waals surface area (Å²) in [7, 11) is 1.92. The Labute approximate surface area is 184 Å². The molecule has 1 saturated heterocycles. The summed E-state index contributed by atoms with van der Waals surface area (Å²) in [6.07, 6.45) is 12.1. The number of nitrogens with zero attached hydrogens (tertiary/aromatic N) is 5. The van der Waals surface area contributed by atoms with Crippen molar-refractivity contribution in [3.05, 3.63) is 35.4 Å². The number of piperidine rings is 1. The highest BCUT2D eigenvalue weighted by Gasteiger charge is 2.32. The molecule has 1 atom stereocenters. The van der Waals surface area contributed by atoms with Gasteiger partial charge in [-0.1, -0.05) is 26.2 Å². The van der Waals surface area contributed by atoms with Crippen molar-refractivity contribution >= 4 is 11.8 Å². The third-order valence-corrected chi connectivity index (χ3v) is 6.77. The number of likely N-dealkylation sites (tertiary alicyclic amines) is 1. The lowest BCUT2D eigenvalue weighted by Crippen LogP contribution is -2.41. The van der Waals surface area contributed by atoms with E-state index in [1.807, 2.05) is 27.7 Å². The van der Waals surface area contributed by atoms with Crippen LogP contribution in [0.5, 0.6) is 0 Å². The van der Waals surface area contributed by atoms with Crippen LogP contribution in [0.4, 0.5) is 0 Å². The van der Waals surface area contributed by atoms with E-state index in [0.717, 1.165) is 50.9 Å². The summed E-state index contributed by atoms with van der Waals surface area (Å²) in [6, 6.07) is 2.11. The van der Waals surface area contributed by atoms with Crippen LogP contribution in [0, 0.1) is 0 Å². The van der Waals surface area contributed by atoms with E-state index >= 15 is 0 Å². The van der Waals surface area contributed by atoms with Crippen molar-refractivity contribution in [2.75, 3.05) is 20.1 Å². The van der Waals surface area contributed by atoms with Crippen LogP contribution in [-0.4, -0.2) is 67.8 Å². The lowest BCUT2D eigenvalue weighted by atomic mass is 9.91. The fourth-order valence-corrected chi connectivity index (χ4v) is 4.99. The summed E-state index contributed by atoms with van der Waals surface area (Å²) >= 11 is 0. The van der Waals surface area contributed by atoms with Crippen molar-refractivity contribution in [1.82, 2.24) is 29.8 Å². The molecule has 2 amide bonds. The molecular formula is C23H34N6O2. The number of H-pyrrole nitrogens is 1. The normalized spacial score (nSPS) is 20.1. The maximum Gasteiger partial charge on any atom is 0.274 e. The van der Waals surface area contributed by atoms with E-state index in [9.17, 15) is 9.59 Å². The van der Waals surface area contributed by atoms with Gasteiger partial charge in [-0.3, -0.25) is 19.4 Å². The number of carbonyl (C=O) groups excluding carboxylic acids is 2. The lowest BCUT2D eigenvalue weighted by Gasteiger charge is -2.33. The summed E-state index contributed by atoms with van der Waals surface area (Å²) in [5, 5.41) is 11.7. The summed E-state index contributed by atoms with van der Waals surface area (Å²) in [5.41, 5.74) is 2.01. The van der Waals surface area contributed by atoms with Crippen LogP contribution in [-0.2, 0) is 6.54 Å². The topological polar surface area (TPSA) is 87.1 Å². The summed E-state index contributed by atoms with van der Waals surface area (Å²) in [4.78, 5) is 30.0. The van der Waals surface area contributed by atoms with Crippen LogP contribution in [0.1, 0.15) is 90.7 Å². The fourth-order valence-electron chi connectivity index (χ4n) is 4.99. The molecule has 1 aliphatic carbocycles. The average Bonchev–Trinajstić information content (AvgIpc) is 3.48. The highest BCUT2D eigenvalue weighted by atomic mass is 16.2. The second-order valence-corrected chi connectivity index (χ2v) is 8.96. The second kappa shape index (κ2) is 9.66. The Morgan fingerprint density at radius 2 is 2.00 bits per heavy atom. The van der Waals surface area contributed by atoms with Gasteiger partial charge in [0, 0.05) is 44.8 Å². The molecule has 2 aliphatic rings. The number of carbonyl (C=O) groups is 2. The van der Waals surface area contributed by atoms with Crippen molar-refractivity contribution in [2.45, 2.75) is 76.8 Å². The van der Waals surface area contributed by atoms with Gasteiger partial charge < -0.3 is 9.80 Å². The van der Waals surface area contributed by atoms with Gasteiger partial charge in [-0.2, -0.15) is 10.2 Å². The number of aromatic nitrogens is 4. The second-order valence-electron chi connectivity index (χ2n) is 8.96. The summed E-state index contributed by atoms with van der Waals surface area (Å²) < 4.78 is 1.82. The molecular weight excluding hydrogens is 392 g/mol. The number of aryl methyl sites for hydroxylation is 1. The first-order valence-corrected chi connectivity index (χ1v) is 11.7. The first kappa shape index (κ1) is 21.6. The van der Waals surface area contributed by atoms with Gasteiger partial charge in [0.05, 0.1) is 17.5 Å². The van der Waals surface area contributed by atoms with Gasteiger partial charge in [0.2, 0.25) is 0 Å². The Bertz CT molecular complexity index is 898. The standard InChI is InChI=1S/C23H34N6O2/c1-3-12-29-14-11-20(26-29)23(31)28-13-7-8-17(16-28)21-19(15-24-25-21)22(30)27(2)18-9-5-4-6-10-18/h11,14-15,17-18H,3-10,12-13,16H2,1-2H3,(H,24,25)/t17-/m1/s1. The average molecular weight is 427 g/mol. The van der Waals surface area contributed by atoms with E-state index in [1.165, 1.54) is 19.3 Å². The number of amides is 2. The Morgan fingerprint density at radius 3 is 2.77 bits per heavy atom. The summed E-state index contributed by atoms with van der Waals surface area (Å²) in [5.74, 6) is 0.0836. The largest absolute Gasteiger partial charge is 0.339 e. The molecule has 8 heteroatoms. The van der Waals surface area contributed by atoms with E-state index in [2.05, 4.69) is 22.2 Å².